The Balaban J connectivity index is 1.69. The molecule has 1 saturated heterocycles. The molecule has 1 N–H and O–H groups in total. The normalized spacial score (nSPS) is 29.6. The lowest BCUT2D eigenvalue weighted by atomic mass is 9.97. The summed E-state index contributed by atoms with van der Waals surface area (Å²) in [4.78, 5) is 14.7. The van der Waals surface area contributed by atoms with Crippen molar-refractivity contribution in [3.63, 3.8) is 0 Å². The predicted octanol–water partition coefficient (Wildman–Crippen LogP) is 2.36. The zero-order valence-electron chi connectivity index (χ0n) is 11.3. The molecule has 0 aromatic heterocycles. The number of nitrogens with one attached hydrogen (secondary N) is 1. The first-order valence-electron chi connectivity index (χ1n) is 7.29. The molecule has 0 bridgehead atoms. The first-order chi connectivity index (χ1) is 8.70. The number of carbonyl (C=O) groups is 1. The smallest absolute Gasteiger partial charge is 0.244 e. The Bertz CT molecular complexity index is 333. The van der Waals surface area contributed by atoms with Crippen LogP contribution in [0.3, 0.4) is 0 Å². The summed E-state index contributed by atoms with van der Waals surface area (Å²) < 4.78 is 0.349. The number of carbonyl (C=O) groups excluding carboxylic acids is 1. The second-order valence-electron chi connectivity index (χ2n) is 6.22. The van der Waals surface area contributed by atoms with E-state index in [1.54, 1.807) is 0 Å². The van der Waals surface area contributed by atoms with E-state index in [-0.39, 0.29) is 5.54 Å². The summed E-state index contributed by atoms with van der Waals surface area (Å²) in [6, 6.07) is 0. The van der Waals surface area contributed by atoms with Crippen molar-refractivity contribution < 1.29 is 4.79 Å². The Labute approximate surface area is 114 Å². The molecule has 3 aliphatic rings. The molecule has 0 aromatic carbocycles. The summed E-state index contributed by atoms with van der Waals surface area (Å²) in [5.41, 5.74) is -0.168. The van der Waals surface area contributed by atoms with Gasteiger partial charge >= 0.3 is 0 Å². The van der Waals surface area contributed by atoms with Gasteiger partial charge in [-0.2, -0.15) is 11.8 Å². The molecule has 102 valence electrons. The van der Waals surface area contributed by atoms with Crippen LogP contribution in [0.4, 0.5) is 0 Å². The van der Waals surface area contributed by atoms with Crippen LogP contribution in [-0.2, 0) is 4.79 Å². The SMILES string of the molecule is CSC1(CN2CNC3(CCCC3)C2=O)CCCC1. The lowest BCUT2D eigenvalue weighted by Crippen LogP contribution is -2.46. The lowest BCUT2D eigenvalue weighted by molar-refractivity contribution is -0.132. The van der Waals surface area contributed by atoms with E-state index in [2.05, 4.69) is 16.5 Å². The van der Waals surface area contributed by atoms with Crippen LogP contribution in [0.2, 0.25) is 0 Å². The third kappa shape index (κ3) is 1.97. The Morgan fingerprint density at radius 1 is 1.17 bits per heavy atom. The molecular weight excluding hydrogens is 244 g/mol. The molecule has 2 aliphatic carbocycles. The van der Waals surface area contributed by atoms with Crippen LogP contribution < -0.4 is 5.32 Å². The van der Waals surface area contributed by atoms with Crippen molar-refractivity contribution in [2.75, 3.05) is 19.5 Å². The molecule has 0 aromatic rings. The maximum absolute atomic E-state index is 12.6. The topological polar surface area (TPSA) is 32.3 Å². The van der Waals surface area contributed by atoms with Gasteiger partial charge < -0.3 is 4.90 Å². The van der Waals surface area contributed by atoms with E-state index in [1.807, 2.05) is 11.8 Å². The van der Waals surface area contributed by atoms with Crippen LogP contribution >= 0.6 is 11.8 Å². The standard InChI is InChI=1S/C14H24N2OS/c1-18-13(6-2-3-7-13)10-16-11-15-14(12(16)17)8-4-5-9-14/h15H,2-11H2,1H3. The number of hydrogen-bond donors (Lipinski definition) is 1. The van der Waals surface area contributed by atoms with E-state index >= 15 is 0 Å². The molecule has 1 amide bonds. The fourth-order valence-electron chi connectivity index (χ4n) is 3.99. The van der Waals surface area contributed by atoms with Gasteiger partial charge in [0, 0.05) is 11.3 Å². The van der Waals surface area contributed by atoms with Crippen LogP contribution in [0.15, 0.2) is 0 Å². The molecule has 4 heteroatoms. The zero-order chi connectivity index (χ0) is 12.6. The maximum Gasteiger partial charge on any atom is 0.244 e. The molecule has 1 heterocycles. The quantitative estimate of drug-likeness (QED) is 0.853. The van der Waals surface area contributed by atoms with Gasteiger partial charge in [0.2, 0.25) is 5.91 Å². The van der Waals surface area contributed by atoms with Gasteiger partial charge in [-0.05, 0) is 31.9 Å². The van der Waals surface area contributed by atoms with E-state index in [0.29, 0.717) is 10.7 Å². The predicted molar refractivity (Wildman–Crippen MR) is 75.6 cm³/mol. The molecule has 18 heavy (non-hydrogen) atoms. The van der Waals surface area contributed by atoms with Crippen molar-refractivity contribution in [2.45, 2.75) is 61.7 Å². The first kappa shape index (κ1) is 12.8. The molecule has 3 rings (SSSR count). The zero-order valence-corrected chi connectivity index (χ0v) is 12.2. The third-order valence-corrected chi connectivity index (χ3v) is 6.59. The number of thioether (sulfide) groups is 1. The number of rotatable bonds is 3. The fraction of sp³-hybridized carbons (Fsp3) is 0.929. The Morgan fingerprint density at radius 2 is 1.78 bits per heavy atom. The highest BCUT2D eigenvalue weighted by Crippen LogP contribution is 2.42. The van der Waals surface area contributed by atoms with Gasteiger partial charge in [-0.1, -0.05) is 25.7 Å². The maximum atomic E-state index is 12.6. The van der Waals surface area contributed by atoms with E-state index in [4.69, 9.17) is 0 Å². The minimum atomic E-state index is -0.168. The monoisotopic (exact) mass is 268 g/mol. The number of nitrogens with zero attached hydrogens (tertiary/aromatic N) is 1. The van der Waals surface area contributed by atoms with Crippen LogP contribution in [0.1, 0.15) is 51.4 Å². The van der Waals surface area contributed by atoms with Crippen LogP contribution in [0, 0.1) is 0 Å². The van der Waals surface area contributed by atoms with Crippen LogP contribution in [0.25, 0.3) is 0 Å². The third-order valence-electron chi connectivity index (χ3n) is 5.19. The van der Waals surface area contributed by atoms with Gasteiger partial charge in [0.15, 0.2) is 0 Å². The molecular formula is C14H24N2OS. The highest BCUT2D eigenvalue weighted by Gasteiger charge is 2.49. The minimum Gasteiger partial charge on any atom is -0.327 e. The van der Waals surface area contributed by atoms with Crippen molar-refractivity contribution >= 4 is 17.7 Å². The average molecular weight is 268 g/mol. The van der Waals surface area contributed by atoms with E-state index in [0.717, 1.165) is 26.1 Å². The summed E-state index contributed by atoms with van der Waals surface area (Å²) in [6.07, 6.45) is 12.0. The van der Waals surface area contributed by atoms with Crippen molar-refractivity contribution in [1.82, 2.24) is 10.2 Å². The van der Waals surface area contributed by atoms with Gasteiger partial charge in [-0.15, -0.1) is 0 Å². The summed E-state index contributed by atoms with van der Waals surface area (Å²) in [5.74, 6) is 0.389. The van der Waals surface area contributed by atoms with E-state index in [1.165, 1.54) is 38.5 Å². The Kier molecular flexibility index (Phi) is 3.35. The molecule has 2 saturated carbocycles. The minimum absolute atomic E-state index is 0.168. The van der Waals surface area contributed by atoms with Gasteiger partial charge in [-0.3, -0.25) is 10.1 Å². The van der Waals surface area contributed by atoms with Gasteiger partial charge in [0.25, 0.3) is 0 Å². The second kappa shape index (κ2) is 4.71. The van der Waals surface area contributed by atoms with Gasteiger partial charge in [0.05, 0.1) is 12.2 Å². The Morgan fingerprint density at radius 3 is 2.39 bits per heavy atom. The molecule has 3 nitrogen and oxygen atoms in total. The van der Waals surface area contributed by atoms with Gasteiger partial charge in [-0.25, -0.2) is 0 Å². The lowest BCUT2D eigenvalue weighted by Gasteiger charge is -2.32. The van der Waals surface area contributed by atoms with Gasteiger partial charge in [0.1, 0.15) is 0 Å². The van der Waals surface area contributed by atoms with Crippen LogP contribution in [-0.4, -0.2) is 40.6 Å². The molecule has 0 unspecified atom stereocenters. The highest BCUT2D eigenvalue weighted by atomic mass is 32.2. The number of hydrogen-bond acceptors (Lipinski definition) is 3. The van der Waals surface area contributed by atoms with E-state index in [9.17, 15) is 4.79 Å². The van der Waals surface area contributed by atoms with E-state index < -0.39 is 0 Å². The summed E-state index contributed by atoms with van der Waals surface area (Å²) in [7, 11) is 0. The molecule has 1 spiro atoms. The average Bonchev–Trinajstić information content (AvgIpc) is 3.09. The molecule has 0 radical (unpaired) electrons. The second-order valence-corrected chi connectivity index (χ2v) is 7.50. The fourth-order valence-corrected chi connectivity index (χ4v) is 4.97. The largest absolute Gasteiger partial charge is 0.327 e. The summed E-state index contributed by atoms with van der Waals surface area (Å²) in [6.45, 7) is 1.74. The summed E-state index contributed by atoms with van der Waals surface area (Å²) in [5, 5.41) is 3.51. The van der Waals surface area contributed by atoms with Crippen molar-refractivity contribution in [3.8, 4) is 0 Å². The molecule has 0 atom stereocenters. The van der Waals surface area contributed by atoms with Crippen molar-refractivity contribution in [2.24, 2.45) is 0 Å². The number of amides is 1. The molecule has 1 aliphatic heterocycles. The molecule has 3 fully saturated rings. The highest BCUT2D eigenvalue weighted by molar-refractivity contribution is 8.00. The first-order valence-corrected chi connectivity index (χ1v) is 8.52. The van der Waals surface area contributed by atoms with Crippen LogP contribution in [0.5, 0.6) is 0 Å². The van der Waals surface area contributed by atoms with Crippen molar-refractivity contribution in [1.29, 1.82) is 0 Å². The van der Waals surface area contributed by atoms with Crippen molar-refractivity contribution in [3.05, 3.63) is 0 Å². The summed E-state index contributed by atoms with van der Waals surface area (Å²) >= 11 is 1.98. The Hall–Kier alpha value is -0.220.